The number of esters is 1. The first-order chi connectivity index (χ1) is 7.78. The fourth-order valence-electron chi connectivity index (χ4n) is 1.08. The molecule has 0 unspecified atom stereocenters. The third-order valence-electron chi connectivity index (χ3n) is 1.62. The Labute approximate surface area is 109 Å². The molecule has 0 aliphatic rings. The maximum absolute atomic E-state index is 11.4. The molecule has 5 nitrogen and oxygen atoms in total. The molecule has 0 fully saturated rings. The van der Waals surface area contributed by atoms with E-state index >= 15 is 0 Å². The maximum atomic E-state index is 11.4. The van der Waals surface area contributed by atoms with Crippen LogP contribution >= 0.6 is 15.9 Å². The van der Waals surface area contributed by atoms with Crippen LogP contribution in [0.4, 0.5) is 0 Å². The van der Waals surface area contributed by atoms with Crippen molar-refractivity contribution in [3.63, 3.8) is 0 Å². The van der Waals surface area contributed by atoms with Gasteiger partial charge in [0, 0.05) is 0 Å². The average Bonchev–Trinajstić information content (AvgIpc) is 2.13. The van der Waals surface area contributed by atoms with Crippen LogP contribution in [0.2, 0.25) is 0 Å². The monoisotopic (exact) mass is 302 g/mol. The lowest BCUT2D eigenvalue weighted by molar-refractivity contribution is -0.157. The summed E-state index contributed by atoms with van der Waals surface area (Å²) in [5.74, 6) is -0.0966. The highest BCUT2D eigenvalue weighted by atomic mass is 79.9. The van der Waals surface area contributed by atoms with Crippen LogP contribution in [0.5, 0.6) is 5.88 Å². The van der Waals surface area contributed by atoms with Gasteiger partial charge in [-0.15, -0.1) is 0 Å². The zero-order valence-corrected chi connectivity index (χ0v) is 11.9. The highest BCUT2D eigenvalue weighted by Gasteiger charge is 2.17. The molecule has 0 atom stereocenters. The fourth-order valence-corrected chi connectivity index (χ4v) is 1.45. The molecule has 0 N–H and O–H groups in total. The second-order valence-electron chi connectivity index (χ2n) is 4.46. The van der Waals surface area contributed by atoms with Crippen molar-refractivity contribution in [2.45, 2.75) is 33.3 Å². The van der Waals surface area contributed by atoms with Crippen molar-refractivity contribution in [3.05, 3.63) is 16.5 Å². The van der Waals surface area contributed by atoms with Gasteiger partial charge in [-0.3, -0.25) is 0 Å². The normalized spacial score (nSPS) is 11.1. The molecule has 0 aliphatic heterocycles. The molecule has 0 radical (unpaired) electrons. The Morgan fingerprint density at radius 2 is 2.12 bits per heavy atom. The van der Waals surface area contributed by atoms with E-state index in [1.165, 1.54) is 6.20 Å². The number of hydrogen-bond acceptors (Lipinski definition) is 5. The molecule has 0 amide bonds. The van der Waals surface area contributed by atoms with Gasteiger partial charge in [0.15, 0.2) is 6.61 Å². The van der Waals surface area contributed by atoms with E-state index in [-0.39, 0.29) is 6.61 Å². The molecular weight excluding hydrogens is 288 g/mol. The summed E-state index contributed by atoms with van der Waals surface area (Å²) in [5.41, 5.74) is 0.101. The van der Waals surface area contributed by atoms with Crippen molar-refractivity contribution in [2.75, 3.05) is 6.61 Å². The number of halogens is 1. The van der Waals surface area contributed by atoms with Crippen molar-refractivity contribution >= 4 is 21.9 Å². The predicted molar refractivity (Wildman–Crippen MR) is 65.8 cm³/mol. The SMILES string of the molecule is Cc1nc(Br)cnc1OCC(=O)OC(C)(C)C. The minimum Gasteiger partial charge on any atom is -0.464 e. The van der Waals surface area contributed by atoms with Gasteiger partial charge in [0.1, 0.15) is 15.9 Å². The Hall–Kier alpha value is -1.17. The van der Waals surface area contributed by atoms with E-state index in [1.54, 1.807) is 27.7 Å². The summed E-state index contributed by atoms with van der Waals surface area (Å²) < 4.78 is 11.0. The first-order valence-corrected chi connectivity index (χ1v) is 5.91. The highest BCUT2D eigenvalue weighted by molar-refractivity contribution is 9.10. The van der Waals surface area contributed by atoms with Crippen molar-refractivity contribution < 1.29 is 14.3 Å². The van der Waals surface area contributed by atoms with Crippen LogP contribution in [0.3, 0.4) is 0 Å². The summed E-state index contributed by atoms with van der Waals surface area (Å²) in [6.45, 7) is 6.98. The Balaban J connectivity index is 2.53. The van der Waals surface area contributed by atoms with Gasteiger partial charge in [0.2, 0.25) is 5.88 Å². The lowest BCUT2D eigenvalue weighted by Gasteiger charge is -2.19. The highest BCUT2D eigenvalue weighted by Crippen LogP contribution is 2.15. The van der Waals surface area contributed by atoms with E-state index in [0.29, 0.717) is 16.2 Å². The Morgan fingerprint density at radius 3 is 2.65 bits per heavy atom. The molecule has 17 heavy (non-hydrogen) atoms. The number of aryl methyl sites for hydroxylation is 1. The van der Waals surface area contributed by atoms with Crippen LogP contribution in [0.1, 0.15) is 26.5 Å². The van der Waals surface area contributed by atoms with Gasteiger partial charge < -0.3 is 9.47 Å². The molecule has 94 valence electrons. The number of ether oxygens (including phenoxy) is 2. The summed E-state index contributed by atoms with van der Waals surface area (Å²) in [6, 6.07) is 0. The molecule has 0 aliphatic carbocycles. The van der Waals surface area contributed by atoms with Crippen LogP contribution < -0.4 is 4.74 Å². The van der Waals surface area contributed by atoms with Crippen LogP contribution in [-0.4, -0.2) is 28.1 Å². The minimum atomic E-state index is -0.513. The molecular formula is C11H15BrN2O3. The molecule has 0 bridgehead atoms. The smallest absolute Gasteiger partial charge is 0.344 e. The molecule has 0 spiro atoms. The van der Waals surface area contributed by atoms with E-state index in [0.717, 1.165) is 0 Å². The number of carbonyl (C=O) groups excluding carboxylic acids is 1. The van der Waals surface area contributed by atoms with Crippen molar-refractivity contribution in [2.24, 2.45) is 0 Å². The summed E-state index contributed by atoms with van der Waals surface area (Å²) >= 11 is 3.20. The molecule has 0 aromatic carbocycles. The second kappa shape index (κ2) is 5.44. The fraction of sp³-hybridized carbons (Fsp3) is 0.545. The third kappa shape index (κ3) is 5.12. The molecule has 0 saturated carbocycles. The van der Waals surface area contributed by atoms with Crippen LogP contribution in [0, 0.1) is 6.92 Å². The first kappa shape index (κ1) is 13.9. The summed E-state index contributed by atoms with van der Waals surface area (Å²) in [6.07, 6.45) is 1.51. The maximum Gasteiger partial charge on any atom is 0.344 e. The van der Waals surface area contributed by atoms with Gasteiger partial charge in [0.25, 0.3) is 0 Å². The number of aromatic nitrogens is 2. The number of hydrogen-bond donors (Lipinski definition) is 0. The van der Waals surface area contributed by atoms with E-state index in [2.05, 4.69) is 25.9 Å². The Morgan fingerprint density at radius 1 is 1.47 bits per heavy atom. The Bertz CT molecular complexity index is 416. The van der Waals surface area contributed by atoms with Crippen LogP contribution in [0.25, 0.3) is 0 Å². The van der Waals surface area contributed by atoms with Crippen molar-refractivity contribution in [3.8, 4) is 5.88 Å². The van der Waals surface area contributed by atoms with Crippen LogP contribution in [0.15, 0.2) is 10.8 Å². The molecule has 6 heteroatoms. The predicted octanol–water partition coefficient (Wildman–Crippen LogP) is 2.27. The van der Waals surface area contributed by atoms with Gasteiger partial charge in [-0.2, -0.15) is 0 Å². The van der Waals surface area contributed by atoms with Gasteiger partial charge in [0.05, 0.1) is 6.20 Å². The summed E-state index contributed by atoms with van der Waals surface area (Å²) in [5, 5.41) is 0. The zero-order valence-electron chi connectivity index (χ0n) is 10.3. The van der Waals surface area contributed by atoms with Crippen molar-refractivity contribution in [1.29, 1.82) is 0 Å². The van der Waals surface area contributed by atoms with E-state index < -0.39 is 11.6 Å². The third-order valence-corrected chi connectivity index (χ3v) is 2.00. The van der Waals surface area contributed by atoms with E-state index in [9.17, 15) is 4.79 Å². The molecule has 1 heterocycles. The van der Waals surface area contributed by atoms with Crippen molar-refractivity contribution in [1.82, 2.24) is 9.97 Å². The first-order valence-electron chi connectivity index (χ1n) is 5.12. The lowest BCUT2D eigenvalue weighted by Crippen LogP contribution is -2.27. The quantitative estimate of drug-likeness (QED) is 0.802. The summed E-state index contributed by atoms with van der Waals surface area (Å²) in [7, 11) is 0. The van der Waals surface area contributed by atoms with Gasteiger partial charge >= 0.3 is 5.97 Å². The average molecular weight is 303 g/mol. The largest absolute Gasteiger partial charge is 0.464 e. The topological polar surface area (TPSA) is 61.3 Å². The number of carbonyl (C=O) groups is 1. The molecule has 1 aromatic heterocycles. The summed E-state index contributed by atoms with van der Waals surface area (Å²) in [4.78, 5) is 19.5. The number of nitrogens with zero attached hydrogens (tertiary/aromatic N) is 2. The molecule has 1 rings (SSSR count). The zero-order chi connectivity index (χ0) is 13.1. The standard InChI is InChI=1S/C11H15BrN2O3/c1-7-10(13-5-8(12)14-7)16-6-9(15)17-11(2,3)4/h5H,6H2,1-4H3. The Kier molecular flexibility index (Phi) is 4.45. The minimum absolute atomic E-state index is 0.172. The van der Waals surface area contributed by atoms with Gasteiger partial charge in [-0.25, -0.2) is 14.8 Å². The molecule has 0 saturated heterocycles. The van der Waals surface area contributed by atoms with Crippen LogP contribution in [-0.2, 0) is 9.53 Å². The van der Waals surface area contributed by atoms with E-state index in [1.807, 2.05) is 0 Å². The van der Waals surface area contributed by atoms with Gasteiger partial charge in [-0.1, -0.05) is 0 Å². The lowest BCUT2D eigenvalue weighted by atomic mass is 10.2. The second-order valence-corrected chi connectivity index (χ2v) is 5.27. The van der Waals surface area contributed by atoms with Gasteiger partial charge in [-0.05, 0) is 43.6 Å². The number of rotatable bonds is 3. The van der Waals surface area contributed by atoms with E-state index in [4.69, 9.17) is 9.47 Å². The molecule has 1 aromatic rings.